The van der Waals surface area contributed by atoms with Gasteiger partial charge in [0.2, 0.25) is 11.5 Å². The zero-order chi connectivity index (χ0) is 29.4. The predicted molar refractivity (Wildman–Crippen MR) is 166 cm³/mol. The van der Waals surface area contributed by atoms with Gasteiger partial charge >= 0.3 is 0 Å². The predicted octanol–water partition coefficient (Wildman–Crippen LogP) is 5.03. The SMILES string of the molecule is COc1nc(-c2cnc(N)nc2NC(C)c2cc3cccc(-c4ccc(=O)n(C)c4)c3c(=O)n2-c2ccccc2)cs1. The lowest BCUT2D eigenvalue weighted by atomic mass is 9.98. The number of fused-ring (bicyclic) bond motifs is 1. The summed E-state index contributed by atoms with van der Waals surface area (Å²) in [5.41, 5.74) is 9.93. The molecule has 0 saturated heterocycles. The number of nitrogens with two attached hydrogens (primary N) is 1. The highest BCUT2D eigenvalue weighted by Gasteiger charge is 2.21. The molecule has 0 radical (unpaired) electrons. The van der Waals surface area contributed by atoms with Crippen LogP contribution in [0.3, 0.4) is 0 Å². The van der Waals surface area contributed by atoms with Crippen molar-refractivity contribution in [2.75, 3.05) is 18.2 Å². The third-order valence-electron chi connectivity index (χ3n) is 7.02. The van der Waals surface area contributed by atoms with Crippen LogP contribution in [0, 0.1) is 0 Å². The number of nitrogen functional groups attached to an aromatic ring is 1. The molecule has 3 N–H and O–H groups in total. The molecule has 0 spiro atoms. The molecule has 0 aliphatic rings. The number of benzene rings is 2. The molecule has 11 heteroatoms. The van der Waals surface area contributed by atoms with Gasteiger partial charge in [-0.25, -0.2) is 9.97 Å². The molecule has 0 amide bonds. The number of nitrogens with one attached hydrogen (secondary N) is 1. The summed E-state index contributed by atoms with van der Waals surface area (Å²) < 4.78 is 8.49. The highest BCUT2D eigenvalue weighted by atomic mass is 32.1. The van der Waals surface area contributed by atoms with Gasteiger partial charge in [0.15, 0.2) is 0 Å². The number of nitrogens with zero attached hydrogens (tertiary/aromatic N) is 5. The lowest BCUT2D eigenvalue weighted by molar-refractivity contribution is 0.412. The van der Waals surface area contributed by atoms with Crippen LogP contribution in [0.1, 0.15) is 18.7 Å². The molecule has 0 saturated carbocycles. The lowest BCUT2D eigenvalue weighted by Crippen LogP contribution is -2.26. The Morgan fingerprint density at radius 3 is 2.55 bits per heavy atom. The number of methoxy groups -OCH3 is 1. The van der Waals surface area contributed by atoms with Gasteiger partial charge < -0.3 is 20.4 Å². The van der Waals surface area contributed by atoms with E-state index in [0.29, 0.717) is 27.7 Å². The number of thiazole rings is 1. The van der Waals surface area contributed by atoms with Crippen molar-refractivity contribution in [1.29, 1.82) is 0 Å². The molecule has 0 aliphatic heterocycles. The van der Waals surface area contributed by atoms with Crippen LogP contribution in [-0.2, 0) is 7.05 Å². The van der Waals surface area contributed by atoms with Crippen LogP contribution in [0.5, 0.6) is 5.19 Å². The van der Waals surface area contributed by atoms with Crippen molar-refractivity contribution >= 4 is 33.9 Å². The summed E-state index contributed by atoms with van der Waals surface area (Å²) in [4.78, 5) is 39.6. The molecule has 1 unspecified atom stereocenters. The second-order valence-electron chi connectivity index (χ2n) is 9.74. The van der Waals surface area contributed by atoms with Crippen LogP contribution >= 0.6 is 11.3 Å². The molecule has 2 aromatic carbocycles. The van der Waals surface area contributed by atoms with E-state index in [9.17, 15) is 9.59 Å². The second kappa shape index (κ2) is 10.9. The second-order valence-corrected chi connectivity index (χ2v) is 10.6. The molecule has 6 rings (SSSR count). The monoisotopic (exact) mass is 577 g/mol. The number of hydrogen-bond donors (Lipinski definition) is 2. The smallest absolute Gasteiger partial charge is 0.273 e. The number of aryl methyl sites for hydroxylation is 1. The Balaban J connectivity index is 1.53. The van der Waals surface area contributed by atoms with Gasteiger partial charge in [-0.05, 0) is 47.7 Å². The Labute approximate surface area is 244 Å². The third-order valence-corrected chi connectivity index (χ3v) is 7.83. The fourth-order valence-corrected chi connectivity index (χ4v) is 5.62. The van der Waals surface area contributed by atoms with Crippen LogP contribution < -0.4 is 26.9 Å². The van der Waals surface area contributed by atoms with E-state index in [1.807, 2.05) is 66.9 Å². The Hall–Kier alpha value is -5.29. The molecule has 10 nitrogen and oxygen atoms in total. The van der Waals surface area contributed by atoms with Gasteiger partial charge in [-0.15, -0.1) is 0 Å². The fourth-order valence-electron chi connectivity index (χ4n) is 4.98. The van der Waals surface area contributed by atoms with Gasteiger partial charge in [-0.1, -0.05) is 47.7 Å². The fraction of sp³-hybridized carbons (Fsp3) is 0.129. The first-order valence-electron chi connectivity index (χ1n) is 13.1. The van der Waals surface area contributed by atoms with Crippen molar-refractivity contribution < 1.29 is 4.74 Å². The molecule has 4 heterocycles. The number of hydrogen-bond acceptors (Lipinski definition) is 9. The normalized spacial score (nSPS) is 11.9. The molecule has 6 aromatic rings. The summed E-state index contributed by atoms with van der Waals surface area (Å²) in [6, 6.07) is 20.1. The highest BCUT2D eigenvalue weighted by Crippen LogP contribution is 2.34. The number of aromatic nitrogens is 5. The summed E-state index contributed by atoms with van der Waals surface area (Å²) >= 11 is 1.36. The number of ether oxygens (including phenoxy) is 1. The molecule has 42 heavy (non-hydrogen) atoms. The maximum atomic E-state index is 14.4. The third kappa shape index (κ3) is 4.90. The summed E-state index contributed by atoms with van der Waals surface area (Å²) in [6.45, 7) is 1.96. The van der Waals surface area contributed by atoms with E-state index >= 15 is 0 Å². The topological polar surface area (TPSA) is 130 Å². The summed E-state index contributed by atoms with van der Waals surface area (Å²) in [6.07, 6.45) is 3.37. The quantitative estimate of drug-likeness (QED) is 0.270. The van der Waals surface area contributed by atoms with Gasteiger partial charge in [0.1, 0.15) is 5.82 Å². The van der Waals surface area contributed by atoms with Crippen LogP contribution in [0.2, 0.25) is 0 Å². The zero-order valence-electron chi connectivity index (χ0n) is 23.1. The number of pyridine rings is 2. The Kier molecular flexibility index (Phi) is 7.01. The van der Waals surface area contributed by atoms with E-state index < -0.39 is 6.04 Å². The molecule has 4 aromatic heterocycles. The van der Waals surface area contributed by atoms with Crippen molar-refractivity contribution in [2.45, 2.75) is 13.0 Å². The Bertz CT molecular complexity index is 2050. The van der Waals surface area contributed by atoms with Crippen LogP contribution in [0.4, 0.5) is 11.8 Å². The van der Waals surface area contributed by atoms with Crippen molar-refractivity contribution in [3.8, 4) is 33.3 Å². The lowest BCUT2D eigenvalue weighted by Gasteiger charge is -2.23. The van der Waals surface area contributed by atoms with E-state index in [0.717, 1.165) is 27.9 Å². The molecule has 210 valence electrons. The first kappa shape index (κ1) is 26.9. The van der Waals surface area contributed by atoms with Crippen LogP contribution in [0.25, 0.3) is 38.8 Å². The number of anilines is 2. The largest absolute Gasteiger partial charge is 0.473 e. The number of rotatable bonds is 7. The minimum absolute atomic E-state index is 0.108. The Morgan fingerprint density at radius 2 is 1.81 bits per heavy atom. The van der Waals surface area contributed by atoms with Gasteiger partial charge in [-0.3, -0.25) is 14.2 Å². The van der Waals surface area contributed by atoms with Crippen molar-refractivity contribution in [3.05, 3.63) is 111 Å². The average Bonchev–Trinajstić information content (AvgIpc) is 3.48. The molecular formula is C31H27N7O3S. The van der Waals surface area contributed by atoms with Crippen molar-refractivity contribution in [3.63, 3.8) is 0 Å². The van der Waals surface area contributed by atoms with Gasteiger partial charge in [0.05, 0.1) is 29.8 Å². The van der Waals surface area contributed by atoms with Crippen LogP contribution in [-0.4, -0.2) is 31.2 Å². The first-order valence-corrected chi connectivity index (χ1v) is 14.0. The van der Waals surface area contributed by atoms with Gasteiger partial charge in [0.25, 0.3) is 10.8 Å². The minimum atomic E-state index is -0.392. The average molecular weight is 578 g/mol. The number of para-hydroxylation sites is 1. The van der Waals surface area contributed by atoms with E-state index in [4.69, 9.17) is 10.5 Å². The van der Waals surface area contributed by atoms with Crippen molar-refractivity contribution in [1.82, 2.24) is 24.1 Å². The highest BCUT2D eigenvalue weighted by molar-refractivity contribution is 7.11. The van der Waals surface area contributed by atoms with E-state index in [2.05, 4.69) is 20.3 Å². The Morgan fingerprint density at radius 1 is 1.00 bits per heavy atom. The van der Waals surface area contributed by atoms with E-state index in [1.165, 1.54) is 22.0 Å². The molecule has 0 bridgehead atoms. The summed E-state index contributed by atoms with van der Waals surface area (Å²) in [7, 11) is 3.26. The molecular weight excluding hydrogens is 550 g/mol. The maximum absolute atomic E-state index is 14.4. The molecule has 1 atom stereocenters. The standard InChI is InChI=1S/C31H27N7O3S/c1-18(34-28-23(15-33-30(32)36-28)24-17-42-31(35-24)41-3)25-14-19-8-7-11-22(20-12-13-26(39)37(2)16-20)27(19)29(40)38(25)21-9-5-4-6-10-21/h4-18H,1-3H3,(H3,32,33,34,36). The van der Waals surface area contributed by atoms with Gasteiger partial charge in [0, 0.05) is 42.3 Å². The maximum Gasteiger partial charge on any atom is 0.273 e. The van der Waals surface area contributed by atoms with E-state index in [1.54, 1.807) is 37.2 Å². The first-order chi connectivity index (χ1) is 20.3. The van der Waals surface area contributed by atoms with Crippen molar-refractivity contribution in [2.24, 2.45) is 7.05 Å². The van der Waals surface area contributed by atoms with Gasteiger partial charge in [-0.2, -0.15) is 4.98 Å². The zero-order valence-corrected chi connectivity index (χ0v) is 23.9. The molecule has 0 fully saturated rings. The summed E-state index contributed by atoms with van der Waals surface area (Å²) in [5, 5.41) is 7.15. The van der Waals surface area contributed by atoms with Crippen LogP contribution in [0.15, 0.2) is 94.1 Å². The summed E-state index contributed by atoms with van der Waals surface area (Å²) in [5.74, 6) is 0.588. The van der Waals surface area contributed by atoms with E-state index in [-0.39, 0.29) is 17.1 Å². The molecule has 0 aliphatic carbocycles. The minimum Gasteiger partial charge on any atom is -0.473 e.